The topological polar surface area (TPSA) is 71.4 Å². The third-order valence-corrected chi connectivity index (χ3v) is 6.18. The number of fused-ring (bicyclic) bond motifs is 2. The second-order valence-electron chi connectivity index (χ2n) is 8.51. The number of nitrogens with one attached hydrogen (secondary N) is 2. The number of anilines is 1. The van der Waals surface area contributed by atoms with E-state index in [1.54, 1.807) is 0 Å². The van der Waals surface area contributed by atoms with Gasteiger partial charge in [-0.1, -0.05) is 38.5 Å². The molecule has 1 heterocycles. The monoisotopic (exact) mass is 444 g/mol. The van der Waals surface area contributed by atoms with Crippen LogP contribution in [0, 0.1) is 11.3 Å². The molecule has 1 atom stereocenters. The van der Waals surface area contributed by atoms with E-state index >= 15 is 0 Å². The Bertz CT molecular complexity index is 1130. The van der Waals surface area contributed by atoms with Crippen LogP contribution in [0.5, 0.6) is 5.75 Å². The number of hydrogen-bond donors (Lipinski definition) is 2. The van der Waals surface area contributed by atoms with Gasteiger partial charge in [-0.3, -0.25) is 0 Å². The number of carbonyl (C=O) groups excluding carboxylic acids is 1. The molecule has 1 aliphatic heterocycles. The summed E-state index contributed by atoms with van der Waals surface area (Å²) in [6.45, 7) is 7.47. The van der Waals surface area contributed by atoms with Gasteiger partial charge in [0.1, 0.15) is 11.5 Å². The summed E-state index contributed by atoms with van der Waals surface area (Å²) in [6, 6.07) is 13.6. The molecule has 5 nitrogen and oxygen atoms in total. The van der Waals surface area contributed by atoms with E-state index in [0.717, 1.165) is 59.5 Å². The lowest BCUT2D eigenvalue weighted by atomic mass is 9.79. The molecule has 1 aliphatic carbocycles. The van der Waals surface area contributed by atoms with Gasteiger partial charge >= 0.3 is 5.97 Å². The molecule has 5 heteroatoms. The number of rotatable bonds is 8. The Hall–Kier alpha value is -3.34. The molecule has 0 bridgehead atoms. The highest BCUT2D eigenvalue weighted by Gasteiger charge is 2.34. The Balaban J connectivity index is 1.90. The molecule has 0 fully saturated rings. The number of ether oxygens (including phenoxy) is 2. The molecule has 1 unspecified atom stereocenters. The lowest BCUT2D eigenvalue weighted by molar-refractivity contribution is 0.0499. The quantitative estimate of drug-likeness (QED) is 0.355. The third-order valence-electron chi connectivity index (χ3n) is 6.18. The number of unbranched alkanes of at least 4 members (excludes halogenated alkanes) is 1. The van der Waals surface area contributed by atoms with Crippen LogP contribution in [0.4, 0.5) is 5.69 Å². The molecule has 0 radical (unpaired) electrons. The van der Waals surface area contributed by atoms with Gasteiger partial charge in [0, 0.05) is 40.7 Å². The van der Waals surface area contributed by atoms with Crippen LogP contribution in [-0.4, -0.2) is 24.8 Å². The van der Waals surface area contributed by atoms with Gasteiger partial charge in [0.15, 0.2) is 0 Å². The van der Waals surface area contributed by atoms with Crippen LogP contribution in [0.3, 0.4) is 0 Å². The molecule has 4 rings (SSSR count). The van der Waals surface area contributed by atoms with Crippen molar-refractivity contribution in [3.8, 4) is 5.75 Å². The Labute approximate surface area is 196 Å². The number of allylic oxidation sites excluding steroid dienone is 2. The van der Waals surface area contributed by atoms with E-state index < -0.39 is 0 Å². The van der Waals surface area contributed by atoms with Crippen LogP contribution in [0.1, 0.15) is 67.9 Å². The Kier molecular flexibility index (Phi) is 6.97. The second kappa shape index (κ2) is 10.1. The zero-order valence-corrected chi connectivity index (χ0v) is 19.7. The van der Waals surface area contributed by atoms with Crippen LogP contribution >= 0.6 is 0 Å². The fourth-order valence-electron chi connectivity index (χ4n) is 4.42. The molecule has 33 heavy (non-hydrogen) atoms. The minimum Gasteiger partial charge on any atom is -0.462 e. The van der Waals surface area contributed by atoms with E-state index in [1.807, 2.05) is 42.5 Å². The number of carbonyl (C=O) groups is 1. The second-order valence-corrected chi connectivity index (χ2v) is 8.51. The smallest absolute Gasteiger partial charge is 0.338 e. The van der Waals surface area contributed by atoms with Gasteiger partial charge in [-0.25, -0.2) is 4.79 Å². The summed E-state index contributed by atoms with van der Waals surface area (Å²) in [5.74, 6) is 1.38. The largest absolute Gasteiger partial charge is 0.462 e. The maximum absolute atomic E-state index is 13.0. The first-order chi connectivity index (χ1) is 16.1. The van der Waals surface area contributed by atoms with Gasteiger partial charge in [-0.05, 0) is 61.9 Å². The molecule has 0 aromatic heterocycles. The van der Waals surface area contributed by atoms with Crippen molar-refractivity contribution in [3.63, 3.8) is 0 Å². The van der Waals surface area contributed by atoms with Gasteiger partial charge in [0.25, 0.3) is 0 Å². The van der Waals surface area contributed by atoms with Gasteiger partial charge in [0.05, 0.1) is 12.2 Å². The highest BCUT2D eigenvalue weighted by atomic mass is 16.5. The van der Waals surface area contributed by atoms with E-state index in [1.165, 1.54) is 0 Å². The summed E-state index contributed by atoms with van der Waals surface area (Å²) in [5, 5.41) is 12.2. The minimum atomic E-state index is -0.330. The van der Waals surface area contributed by atoms with Crippen LogP contribution in [0.25, 0.3) is 5.57 Å². The molecular formula is C28H32N2O3. The summed E-state index contributed by atoms with van der Waals surface area (Å²) in [6.07, 6.45) is 5.55. The van der Waals surface area contributed by atoms with E-state index in [4.69, 9.17) is 14.9 Å². The highest BCUT2D eigenvalue weighted by molar-refractivity contribution is 6.14. The average Bonchev–Trinajstić information content (AvgIpc) is 2.82. The lowest BCUT2D eigenvalue weighted by Gasteiger charge is -2.32. The van der Waals surface area contributed by atoms with E-state index in [2.05, 4.69) is 32.2 Å². The van der Waals surface area contributed by atoms with Crippen LogP contribution < -0.4 is 10.1 Å². The SMILES string of the molecule is CCCCOC(=O)c1ccccc1C1=C2C(=N)CC(CC)C=C2Oc2cc(NCC)ccc21. The maximum Gasteiger partial charge on any atom is 0.338 e. The highest BCUT2D eigenvalue weighted by Crippen LogP contribution is 2.46. The Morgan fingerprint density at radius 2 is 1.94 bits per heavy atom. The van der Waals surface area contributed by atoms with E-state index in [9.17, 15) is 4.79 Å². The molecule has 0 spiro atoms. The third kappa shape index (κ3) is 4.58. The molecule has 0 amide bonds. The number of benzene rings is 2. The van der Waals surface area contributed by atoms with E-state index in [0.29, 0.717) is 30.1 Å². The molecule has 2 aliphatic rings. The summed E-state index contributed by atoms with van der Waals surface area (Å²) < 4.78 is 11.9. The van der Waals surface area contributed by atoms with Crippen molar-refractivity contribution in [2.45, 2.75) is 46.5 Å². The molecular weight excluding hydrogens is 412 g/mol. The van der Waals surface area contributed by atoms with Crippen LogP contribution in [0.15, 0.2) is 59.9 Å². The number of hydrogen-bond acceptors (Lipinski definition) is 5. The zero-order chi connectivity index (χ0) is 23.4. The molecule has 0 saturated heterocycles. The first-order valence-corrected chi connectivity index (χ1v) is 11.9. The normalized spacial score (nSPS) is 17.0. The zero-order valence-electron chi connectivity index (χ0n) is 19.7. The fourth-order valence-corrected chi connectivity index (χ4v) is 4.42. The van der Waals surface area contributed by atoms with Crippen molar-refractivity contribution in [1.29, 1.82) is 5.41 Å². The fraction of sp³-hybridized carbons (Fsp3) is 0.357. The molecule has 172 valence electrons. The van der Waals surface area contributed by atoms with Crippen molar-refractivity contribution in [1.82, 2.24) is 0 Å². The molecule has 2 aromatic rings. The van der Waals surface area contributed by atoms with Crippen molar-refractivity contribution < 1.29 is 14.3 Å². The van der Waals surface area contributed by atoms with Crippen molar-refractivity contribution in [2.75, 3.05) is 18.5 Å². The first-order valence-electron chi connectivity index (χ1n) is 11.9. The number of esters is 1. The summed E-state index contributed by atoms with van der Waals surface area (Å²) >= 11 is 0. The van der Waals surface area contributed by atoms with Gasteiger partial charge in [-0.2, -0.15) is 0 Å². The molecule has 2 N–H and O–H groups in total. The Morgan fingerprint density at radius 1 is 1.12 bits per heavy atom. The minimum absolute atomic E-state index is 0.269. The lowest BCUT2D eigenvalue weighted by Crippen LogP contribution is -2.24. The van der Waals surface area contributed by atoms with Gasteiger partial charge in [-0.15, -0.1) is 0 Å². The van der Waals surface area contributed by atoms with Gasteiger partial charge in [0.2, 0.25) is 0 Å². The summed E-state index contributed by atoms with van der Waals surface area (Å²) in [7, 11) is 0. The Morgan fingerprint density at radius 3 is 2.70 bits per heavy atom. The van der Waals surface area contributed by atoms with Crippen molar-refractivity contribution in [3.05, 3.63) is 76.6 Å². The average molecular weight is 445 g/mol. The summed E-state index contributed by atoms with van der Waals surface area (Å²) in [5.41, 5.74) is 5.35. The van der Waals surface area contributed by atoms with E-state index in [-0.39, 0.29) is 11.9 Å². The molecule has 0 saturated carbocycles. The van der Waals surface area contributed by atoms with Crippen molar-refractivity contribution >= 4 is 22.9 Å². The predicted octanol–water partition coefficient (Wildman–Crippen LogP) is 6.60. The van der Waals surface area contributed by atoms with Crippen molar-refractivity contribution in [2.24, 2.45) is 5.92 Å². The maximum atomic E-state index is 13.0. The summed E-state index contributed by atoms with van der Waals surface area (Å²) in [4.78, 5) is 13.0. The van der Waals surface area contributed by atoms with Gasteiger partial charge < -0.3 is 20.2 Å². The standard InChI is InChI=1S/C28H32N2O3/c1-4-7-14-32-28(31)21-11-9-8-10-20(21)26-22-13-12-19(30-6-3)17-24(22)33-25-16-18(5-2)15-23(29)27(25)26/h8-13,16-18,29-30H,4-7,14-15H2,1-3H3. The van der Waals surface area contributed by atoms with Crippen LogP contribution in [-0.2, 0) is 4.74 Å². The predicted molar refractivity (Wildman–Crippen MR) is 133 cm³/mol. The first kappa shape index (κ1) is 22.8. The molecule has 2 aromatic carbocycles. The van der Waals surface area contributed by atoms with Crippen LogP contribution in [0.2, 0.25) is 0 Å².